The van der Waals surface area contributed by atoms with E-state index in [9.17, 15) is 9.59 Å². The number of likely N-dealkylation sites (tertiary alicyclic amines) is 1. The number of hydrogen-bond donors (Lipinski definition) is 1. The fourth-order valence-corrected chi connectivity index (χ4v) is 4.20. The Hall–Kier alpha value is -2.30. The van der Waals surface area contributed by atoms with Gasteiger partial charge in [0.2, 0.25) is 0 Å². The first kappa shape index (κ1) is 15.2. The smallest absolute Gasteiger partial charge is 0.272 e. The zero-order chi connectivity index (χ0) is 16.7. The van der Waals surface area contributed by atoms with E-state index in [1.165, 1.54) is 30.0 Å². The standard InChI is InChI=1S/C19H23N3O2/c1-13-6-8-15(9-7-13)22-18(23)12-16(20-22)19(24)21-11-10-14-4-2-3-5-17(14)21/h6-9,12,14,17,20H,2-5,10-11H2,1H3/t14-,17-/m1/s1. The quantitative estimate of drug-likeness (QED) is 0.923. The maximum absolute atomic E-state index is 12.9. The second kappa shape index (κ2) is 5.96. The monoisotopic (exact) mass is 325 g/mol. The zero-order valence-corrected chi connectivity index (χ0v) is 14.0. The van der Waals surface area contributed by atoms with E-state index in [1.54, 1.807) is 0 Å². The van der Waals surface area contributed by atoms with Crippen LogP contribution in [-0.2, 0) is 0 Å². The Kier molecular flexibility index (Phi) is 3.79. The molecule has 1 saturated carbocycles. The zero-order valence-electron chi connectivity index (χ0n) is 14.0. The Bertz CT molecular complexity index is 803. The fraction of sp³-hybridized carbons (Fsp3) is 0.474. The highest BCUT2D eigenvalue weighted by molar-refractivity contribution is 5.92. The maximum Gasteiger partial charge on any atom is 0.272 e. The number of rotatable bonds is 2. The lowest BCUT2D eigenvalue weighted by Crippen LogP contribution is -2.39. The molecule has 1 N–H and O–H groups in total. The Morgan fingerprint density at radius 1 is 1.12 bits per heavy atom. The van der Waals surface area contributed by atoms with Gasteiger partial charge in [-0.15, -0.1) is 0 Å². The number of nitrogens with zero attached hydrogens (tertiary/aromatic N) is 2. The minimum atomic E-state index is -0.193. The van der Waals surface area contributed by atoms with Gasteiger partial charge in [0.25, 0.3) is 11.5 Å². The van der Waals surface area contributed by atoms with Crippen molar-refractivity contribution < 1.29 is 4.79 Å². The predicted octanol–water partition coefficient (Wildman–Crippen LogP) is 2.88. The minimum Gasteiger partial charge on any atom is -0.334 e. The molecule has 2 fully saturated rings. The number of aryl methyl sites for hydroxylation is 1. The van der Waals surface area contributed by atoms with Crippen LogP contribution in [0.5, 0.6) is 0 Å². The van der Waals surface area contributed by atoms with Crippen LogP contribution >= 0.6 is 0 Å². The molecule has 24 heavy (non-hydrogen) atoms. The van der Waals surface area contributed by atoms with Crippen molar-refractivity contribution >= 4 is 5.91 Å². The van der Waals surface area contributed by atoms with Gasteiger partial charge in [-0.2, -0.15) is 0 Å². The van der Waals surface area contributed by atoms with Crippen molar-refractivity contribution in [2.45, 2.75) is 45.1 Å². The van der Waals surface area contributed by atoms with Gasteiger partial charge in [-0.3, -0.25) is 14.7 Å². The predicted molar refractivity (Wildman–Crippen MR) is 92.5 cm³/mol. The lowest BCUT2D eigenvalue weighted by atomic mass is 9.85. The minimum absolute atomic E-state index is 0.0349. The summed E-state index contributed by atoms with van der Waals surface area (Å²) in [7, 11) is 0. The highest BCUT2D eigenvalue weighted by atomic mass is 16.2. The molecule has 2 atom stereocenters. The molecule has 0 radical (unpaired) electrons. The van der Waals surface area contributed by atoms with Crippen molar-refractivity contribution in [1.82, 2.24) is 14.7 Å². The third-order valence-electron chi connectivity index (χ3n) is 5.51. The largest absolute Gasteiger partial charge is 0.334 e. The van der Waals surface area contributed by atoms with Crippen LogP contribution in [0.3, 0.4) is 0 Å². The summed E-state index contributed by atoms with van der Waals surface area (Å²) in [4.78, 5) is 27.2. The topological polar surface area (TPSA) is 58.1 Å². The Morgan fingerprint density at radius 3 is 2.67 bits per heavy atom. The molecule has 4 rings (SSSR count). The molecule has 1 aromatic heterocycles. The van der Waals surface area contributed by atoms with Crippen molar-refractivity contribution in [2.24, 2.45) is 5.92 Å². The highest BCUT2D eigenvalue weighted by Gasteiger charge is 2.38. The van der Waals surface area contributed by atoms with Crippen molar-refractivity contribution in [2.75, 3.05) is 6.54 Å². The van der Waals surface area contributed by atoms with Gasteiger partial charge in [0.1, 0.15) is 5.69 Å². The number of carbonyl (C=O) groups is 1. The number of hydrogen-bond acceptors (Lipinski definition) is 2. The van der Waals surface area contributed by atoms with Crippen LogP contribution < -0.4 is 5.56 Å². The van der Waals surface area contributed by atoms with Crippen LogP contribution in [-0.4, -0.2) is 33.2 Å². The number of aromatic amines is 1. The Morgan fingerprint density at radius 2 is 1.88 bits per heavy atom. The van der Waals surface area contributed by atoms with Gasteiger partial charge < -0.3 is 4.90 Å². The number of amides is 1. The van der Waals surface area contributed by atoms with Crippen molar-refractivity contribution in [3.05, 3.63) is 51.9 Å². The molecule has 2 aliphatic rings. The first-order chi connectivity index (χ1) is 11.6. The van der Waals surface area contributed by atoms with Gasteiger partial charge >= 0.3 is 0 Å². The molecule has 0 bridgehead atoms. The van der Waals surface area contributed by atoms with Crippen LogP contribution in [0.4, 0.5) is 0 Å². The first-order valence-electron chi connectivity index (χ1n) is 8.83. The third kappa shape index (κ3) is 2.58. The molecule has 1 amide bonds. The Balaban J connectivity index is 1.61. The van der Waals surface area contributed by atoms with Crippen molar-refractivity contribution in [1.29, 1.82) is 0 Å². The summed E-state index contributed by atoms with van der Waals surface area (Å²) >= 11 is 0. The van der Waals surface area contributed by atoms with E-state index in [2.05, 4.69) is 5.10 Å². The third-order valence-corrected chi connectivity index (χ3v) is 5.51. The average Bonchev–Trinajstić information content (AvgIpc) is 3.19. The van der Waals surface area contributed by atoms with Crippen LogP contribution in [0.25, 0.3) is 5.69 Å². The molecule has 2 heterocycles. The summed E-state index contributed by atoms with van der Waals surface area (Å²) in [5, 5.41) is 3.00. The summed E-state index contributed by atoms with van der Waals surface area (Å²) in [6, 6.07) is 9.47. The van der Waals surface area contributed by atoms with Crippen LogP contribution in [0, 0.1) is 12.8 Å². The molecular weight excluding hydrogens is 302 g/mol. The van der Waals surface area contributed by atoms with Gasteiger partial charge in [0, 0.05) is 18.7 Å². The van der Waals surface area contributed by atoms with Crippen LogP contribution in [0.1, 0.15) is 48.2 Å². The molecule has 1 aliphatic carbocycles. The van der Waals surface area contributed by atoms with Gasteiger partial charge in [0.15, 0.2) is 0 Å². The summed E-state index contributed by atoms with van der Waals surface area (Å²) in [5.41, 5.74) is 2.09. The van der Waals surface area contributed by atoms with Gasteiger partial charge in [-0.1, -0.05) is 30.5 Å². The summed E-state index contributed by atoms with van der Waals surface area (Å²) in [6.07, 6.45) is 5.91. The fourth-order valence-electron chi connectivity index (χ4n) is 4.20. The molecule has 2 aromatic rings. The van der Waals surface area contributed by atoms with Crippen molar-refractivity contribution in [3.8, 4) is 5.69 Å². The summed E-state index contributed by atoms with van der Waals surface area (Å²) in [6.45, 7) is 2.82. The Labute approximate surface area is 141 Å². The van der Waals surface area contributed by atoms with E-state index in [0.717, 1.165) is 30.6 Å². The van der Waals surface area contributed by atoms with E-state index < -0.39 is 0 Å². The second-order valence-electron chi connectivity index (χ2n) is 7.08. The number of H-pyrrole nitrogens is 1. The molecule has 5 nitrogen and oxygen atoms in total. The van der Waals surface area contributed by atoms with E-state index in [4.69, 9.17) is 0 Å². The van der Waals surface area contributed by atoms with Gasteiger partial charge in [-0.05, 0) is 44.2 Å². The number of nitrogens with one attached hydrogen (secondary N) is 1. The van der Waals surface area contributed by atoms with Crippen molar-refractivity contribution in [3.63, 3.8) is 0 Å². The molecule has 0 spiro atoms. The molecule has 126 valence electrons. The van der Waals surface area contributed by atoms with E-state index >= 15 is 0 Å². The SMILES string of the molecule is Cc1ccc(-n2[nH]c(C(=O)N3CC[C@H]4CCCC[C@H]43)cc2=O)cc1. The molecule has 1 saturated heterocycles. The average molecular weight is 325 g/mol. The number of fused-ring (bicyclic) bond motifs is 1. The lowest BCUT2D eigenvalue weighted by Gasteiger charge is -2.31. The lowest BCUT2D eigenvalue weighted by molar-refractivity contribution is 0.0683. The molecule has 1 aromatic carbocycles. The molecular formula is C19H23N3O2. The highest BCUT2D eigenvalue weighted by Crippen LogP contribution is 2.36. The number of carbonyl (C=O) groups excluding carboxylic acids is 1. The summed E-state index contributed by atoms with van der Waals surface area (Å²) in [5.74, 6) is 0.612. The number of aromatic nitrogens is 2. The van der Waals surface area contributed by atoms with E-state index in [1.807, 2.05) is 36.1 Å². The normalized spacial score (nSPS) is 23.3. The van der Waals surface area contributed by atoms with E-state index in [-0.39, 0.29) is 11.5 Å². The van der Waals surface area contributed by atoms with E-state index in [0.29, 0.717) is 17.7 Å². The second-order valence-corrected chi connectivity index (χ2v) is 7.08. The molecule has 1 aliphatic heterocycles. The summed E-state index contributed by atoms with van der Waals surface area (Å²) < 4.78 is 1.45. The number of benzene rings is 1. The van der Waals surface area contributed by atoms with Gasteiger partial charge in [-0.25, -0.2) is 4.68 Å². The molecule has 0 unspecified atom stereocenters. The van der Waals surface area contributed by atoms with Gasteiger partial charge in [0.05, 0.1) is 5.69 Å². The molecule has 5 heteroatoms. The van der Waals surface area contributed by atoms with Crippen LogP contribution in [0.2, 0.25) is 0 Å². The first-order valence-corrected chi connectivity index (χ1v) is 8.83. The van der Waals surface area contributed by atoms with Crippen LogP contribution in [0.15, 0.2) is 35.1 Å². The maximum atomic E-state index is 12.9.